The average Bonchev–Trinajstić information content (AvgIpc) is 3.32. The first kappa shape index (κ1) is 21.9. The number of imidazole rings is 2. The summed E-state index contributed by atoms with van der Waals surface area (Å²) in [5, 5.41) is 0.825. The van der Waals surface area contributed by atoms with Gasteiger partial charge in [-0.3, -0.25) is 28.1 Å². The molecule has 3 aromatic heterocycles. The normalized spacial score (nSPS) is 15.8. The maximum absolute atomic E-state index is 12.7. The predicted octanol–water partition coefficient (Wildman–Crippen LogP) is 1.47. The maximum atomic E-state index is 12.7. The number of benzene rings is 1. The van der Waals surface area contributed by atoms with Crippen LogP contribution in [0.3, 0.4) is 0 Å². The first-order valence-electron chi connectivity index (χ1n) is 11.2. The fourth-order valence-corrected chi connectivity index (χ4v) is 4.88. The molecule has 4 heterocycles. The lowest BCUT2D eigenvalue weighted by Crippen LogP contribution is -2.46. The molecule has 0 saturated carbocycles. The molecule has 1 aliphatic heterocycles. The molecule has 0 amide bonds. The number of hydrogen-bond donors (Lipinski definition) is 0. The summed E-state index contributed by atoms with van der Waals surface area (Å²) >= 11 is 6.32. The van der Waals surface area contributed by atoms with Gasteiger partial charge in [0.05, 0.1) is 0 Å². The number of hydrogen-bond acceptors (Lipinski definition) is 5. The SMILES string of the molecule is Cc1cn2c3c(=O)n(C)c(=O)n(C)c3nc2n1CCN1CCN(Cc2ccccc2Cl)CC1. The number of piperazine rings is 1. The number of fused-ring (bicyclic) bond motifs is 3. The van der Waals surface area contributed by atoms with Crippen molar-refractivity contribution < 1.29 is 0 Å². The molecular weight excluding hydrogens is 442 g/mol. The van der Waals surface area contributed by atoms with Gasteiger partial charge >= 0.3 is 5.69 Å². The van der Waals surface area contributed by atoms with Gasteiger partial charge in [0.15, 0.2) is 11.2 Å². The summed E-state index contributed by atoms with van der Waals surface area (Å²) in [5.41, 5.74) is 2.36. The van der Waals surface area contributed by atoms with Crippen LogP contribution in [-0.2, 0) is 27.2 Å². The van der Waals surface area contributed by atoms with E-state index in [0.29, 0.717) is 16.9 Å². The van der Waals surface area contributed by atoms with E-state index in [1.165, 1.54) is 17.2 Å². The van der Waals surface area contributed by atoms with Gasteiger partial charge in [-0.25, -0.2) is 4.79 Å². The Morgan fingerprint density at radius 2 is 1.67 bits per heavy atom. The highest BCUT2D eigenvalue weighted by Gasteiger charge is 2.21. The van der Waals surface area contributed by atoms with Gasteiger partial charge in [0.25, 0.3) is 5.56 Å². The van der Waals surface area contributed by atoms with Gasteiger partial charge in [0.2, 0.25) is 5.78 Å². The smallest absolute Gasteiger partial charge is 0.313 e. The minimum atomic E-state index is -0.369. The van der Waals surface area contributed by atoms with E-state index in [-0.39, 0.29) is 11.2 Å². The van der Waals surface area contributed by atoms with E-state index in [4.69, 9.17) is 11.6 Å². The van der Waals surface area contributed by atoms with Crippen LogP contribution in [0.15, 0.2) is 40.1 Å². The van der Waals surface area contributed by atoms with Gasteiger partial charge in [0, 0.05) is 76.8 Å². The molecular formula is C23H28ClN7O2. The number of aromatic nitrogens is 5. The van der Waals surface area contributed by atoms with Crippen LogP contribution < -0.4 is 11.2 Å². The second-order valence-electron chi connectivity index (χ2n) is 8.79. The number of nitrogens with zero attached hydrogens (tertiary/aromatic N) is 7. The molecule has 0 aliphatic carbocycles. The van der Waals surface area contributed by atoms with E-state index in [9.17, 15) is 9.59 Å². The second-order valence-corrected chi connectivity index (χ2v) is 9.20. The molecule has 33 heavy (non-hydrogen) atoms. The third kappa shape index (κ3) is 3.80. The number of halogens is 1. The van der Waals surface area contributed by atoms with Gasteiger partial charge in [-0.1, -0.05) is 29.8 Å². The first-order valence-corrected chi connectivity index (χ1v) is 11.5. The molecule has 4 aromatic rings. The van der Waals surface area contributed by atoms with Crippen molar-refractivity contribution in [3.05, 3.63) is 67.6 Å². The third-order valence-corrected chi connectivity index (χ3v) is 7.08. The van der Waals surface area contributed by atoms with E-state index in [1.807, 2.05) is 35.7 Å². The standard InChI is InChI=1S/C23H28ClN7O2/c1-16-14-31-19-20(26(2)23(33)27(3)21(19)32)25-22(31)30(16)13-12-28-8-10-29(11-9-28)15-17-6-4-5-7-18(17)24/h4-7,14H,8-13,15H2,1-3H3. The quantitative estimate of drug-likeness (QED) is 0.442. The van der Waals surface area contributed by atoms with E-state index < -0.39 is 0 Å². The minimum Gasteiger partial charge on any atom is -0.313 e. The monoisotopic (exact) mass is 469 g/mol. The fraction of sp³-hybridized carbons (Fsp3) is 0.435. The maximum Gasteiger partial charge on any atom is 0.332 e. The Morgan fingerprint density at radius 1 is 0.970 bits per heavy atom. The molecule has 0 bridgehead atoms. The molecule has 1 fully saturated rings. The van der Waals surface area contributed by atoms with Crippen LogP contribution in [0.1, 0.15) is 11.3 Å². The minimum absolute atomic E-state index is 0.326. The second kappa shape index (κ2) is 8.48. The fourth-order valence-electron chi connectivity index (χ4n) is 4.69. The summed E-state index contributed by atoms with van der Waals surface area (Å²) in [7, 11) is 3.15. The summed E-state index contributed by atoms with van der Waals surface area (Å²) in [6.45, 7) is 8.54. The Hall–Kier alpha value is -2.88. The van der Waals surface area contributed by atoms with Crippen LogP contribution in [0, 0.1) is 6.92 Å². The Bertz CT molecular complexity index is 1450. The zero-order valence-corrected chi connectivity index (χ0v) is 19.9. The van der Waals surface area contributed by atoms with Gasteiger partial charge in [-0.05, 0) is 18.6 Å². The molecule has 9 nitrogen and oxygen atoms in total. The Morgan fingerprint density at radius 3 is 2.39 bits per heavy atom. The van der Waals surface area contributed by atoms with Crippen LogP contribution in [0.4, 0.5) is 0 Å². The third-order valence-electron chi connectivity index (χ3n) is 6.71. The molecule has 0 unspecified atom stereocenters. The summed E-state index contributed by atoms with van der Waals surface area (Å²) < 4.78 is 6.50. The highest BCUT2D eigenvalue weighted by Crippen LogP contribution is 2.19. The Balaban J connectivity index is 1.31. The number of rotatable bonds is 5. The molecule has 0 N–H and O–H groups in total. The molecule has 0 atom stereocenters. The van der Waals surface area contributed by atoms with Crippen molar-refractivity contribution >= 4 is 28.5 Å². The van der Waals surface area contributed by atoms with Crippen LogP contribution in [0.25, 0.3) is 16.9 Å². The molecule has 1 aromatic carbocycles. The lowest BCUT2D eigenvalue weighted by Gasteiger charge is -2.35. The molecule has 5 rings (SSSR count). The van der Waals surface area contributed by atoms with E-state index in [2.05, 4.69) is 25.4 Å². The zero-order chi connectivity index (χ0) is 23.3. The molecule has 10 heteroatoms. The van der Waals surface area contributed by atoms with Gasteiger partial charge < -0.3 is 4.57 Å². The van der Waals surface area contributed by atoms with Crippen molar-refractivity contribution in [1.29, 1.82) is 0 Å². The summed E-state index contributed by atoms with van der Waals surface area (Å²) in [6.07, 6.45) is 1.93. The van der Waals surface area contributed by atoms with E-state index >= 15 is 0 Å². The van der Waals surface area contributed by atoms with Gasteiger partial charge in [0.1, 0.15) is 0 Å². The van der Waals surface area contributed by atoms with Crippen molar-refractivity contribution in [3.8, 4) is 0 Å². The van der Waals surface area contributed by atoms with Crippen LogP contribution in [0.5, 0.6) is 0 Å². The van der Waals surface area contributed by atoms with Gasteiger partial charge in [-0.15, -0.1) is 0 Å². The summed E-state index contributed by atoms with van der Waals surface area (Å²) in [4.78, 5) is 34.6. The summed E-state index contributed by atoms with van der Waals surface area (Å²) in [5.74, 6) is 0.693. The van der Waals surface area contributed by atoms with E-state index in [1.54, 1.807) is 7.05 Å². The highest BCUT2D eigenvalue weighted by atomic mass is 35.5. The highest BCUT2D eigenvalue weighted by molar-refractivity contribution is 6.31. The predicted molar refractivity (Wildman–Crippen MR) is 129 cm³/mol. The molecule has 1 saturated heterocycles. The Labute approximate surface area is 196 Å². The average molecular weight is 470 g/mol. The molecule has 0 spiro atoms. The molecule has 174 valence electrons. The lowest BCUT2D eigenvalue weighted by molar-refractivity contribution is 0.124. The van der Waals surface area contributed by atoms with Crippen molar-refractivity contribution in [2.75, 3.05) is 32.7 Å². The summed E-state index contributed by atoms with van der Waals surface area (Å²) in [6, 6.07) is 8.03. The topological polar surface area (TPSA) is 72.7 Å². The first-order chi connectivity index (χ1) is 15.8. The van der Waals surface area contributed by atoms with Crippen molar-refractivity contribution in [3.63, 3.8) is 0 Å². The van der Waals surface area contributed by atoms with Crippen LogP contribution in [0.2, 0.25) is 5.02 Å². The van der Waals surface area contributed by atoms with Crippen molar-refractivity contribution in [1.82, 2.24) is 32.9 Å². The largest absolute Gasteiger partial charge is 0.332 e. The van der Waals surface area contributed by atoms with E-state index in [0.717, 1.165) is 61.1 Å². The molecule has 1 aliphatic rings. The lowest BCUT2D eigenvalue weighted by atomic mass is 10.2. The Kier molecular flexibility index (Phi) is 5.64. The van der Waals surface area contributed by atoms with Gasteiger partial charge in [-0.2, -0.15) is 4.98 Å². The zero-order valence-electron chi connectivity index (χ0n) is 19.2. The van der Waals surface area contributed by atoms with Crippen molar-refractivity contribution in [2.24, 2.45) is 14.1 Å². The number of aryl methyl sites for hydroxylation is 2. The van der Waals surface area contributed by atoms with Crippen LogP contribution >= 0.6 is 11.6 Å². The van der Waals surface area contributed by atoms with Crippen LogP contribution in [-0.4, -0.2) is 65.6 Å². The molecule has 0 radical (unpaired) electrons. The van der Waals surface area contributed by atoms with Crippen molar-refractivity contribution in [2.45, 2.75) is 20.0 Å².